The van der Waals surface area contributed by atoms with E-state index in [1.54, 1.807) is 7.11 Å². The number of hydrogen-bond donors (Lipinski definition) is 1. The molecule has 0 radical (unpaired) electrons. The lowest BCUT2D eigenvalue weighted by Gasteiger charge is -2.38. The van der Waals surface area contributed by atoms with Gasteiger partial charge in [0.05, 0.1) is 23.8 Å². The molecule has 2 rings (SSSR count). The number of phenols is 1. The highest BCUT2D eigenvalue weighted by atomic mass is 79.9. The zero-order valence-corrected chi connectivity index (χ0v) is 13.2. The SMILES string of the molecule is COc1cc(CN2CCOC(C)(C)C2)cc(Br)c1O. The van der Waals surface area contributed by atoms with Crippen molar-refractivity contribution in [3.05, 3.63) is 22.2 Å². The van der Waals surface area contributed by atoms with Gasteiger partial charge in [-0.2, -0.15) is 0 Å². The van der Waals surface area contributed by atoms with E-state index in [9.17, 15) is 5.11 Å². The maximum Gasteiger partial charge on any atom is 0.172 e. The number of nitrogens with zero attached hydrogens (tertiary/aromatic N) is 1. The quantitative estimate of drug-likeness (QED) is 0.925. The van der Waals surface area contributed by atoms with Crippen LogP contribution in [0.1, 0.15) is 19.4 Å². The van der Waals surface area contributed by atoms with Gasteiger partial charge >= 0.3 is 0 Å². The number of ether oxygens (including phenoxy) is 2. The molecule has 1 aromatic rings. The fourth-order valence-electron chi connectivity index (χ4n) is 2.38. The Morgan fingerprint density at radius 1 is 1.47 bits per heavy atom. The summed E-state index contributed by atoms with van der Waals surface area (Å²) in [5.41, 5.74) is 1.01. The van der Waals surface area contributed by atoms with E-state index in [0.717, 1.165) is 31.8 Å². The minimum absolute atomic E-state index is 0.101. The fourth-order valence-corrected chi connectivity index (χ4v) is 2.87. The van der Waals surface area contributed by atoms with Crippen LogP contribution in [0.2, 0.25) is 0 Å². The Labute approximate surface area is 122 Å². The minimum atomic E-state index is -0.101. The van der Waals surface area contributed by atoms with Crippen molar-refractivity contribution in [1.82, 2.24) is 4.90 Å². The average molecular weight is 330 g/mol. The van der Waals surface area contributed by atoms with Crippen LogP contribution in [0.25, 0.3) is 0 Å². The number of morpholine rings is 1. The summed E-state index contributed by atoms with van der Waals surface area (Å²) in [4.78, 5) is 2.35. The molecule has 5 heteroatoms. The van der Waals surface area contributed by atoms with Crippen molar-refractivity contribution in [2.45, 2.75) is 26.0 Å². The molecule has 0 amide bonds. The van der Waals surface area contributed by atoms with E-state index >= 15 is 0 Å². The van der Waals surface area contributed by atoms with E-state index in [1.807, 2.05) is 12.1 Å². The predicted molar refractivity (Wildman–Crippen MR) is 77.7 cm³/mol. The van der Waals surface area contributed by atoms with Crippen LogP contribution in [0.4, 0.5) is 0 Å². The smallest absolute Gasteiger partial charge is 0.172 e. The second-order valence-corrected chi connectivity index (χ2v) is 6.30. The molecule has 1 fully saturated rings. The second-order valence-electron chi connectivity index (χ2n) is 5.45. The van der Waals surface area contributed by atoms with E-state index < -0.39 is 0 Å². The predicted octanol–water partition coefficient (Wildman–Crippen LogP) is 2.77. The van der Waals surface area contributed by atoms with Gasteiger partial charge in [-0.15, -0.1) is 0 Å². The van der Waals surface area contributed by atoms with E-state index in [4.69, 9.17) is 9.47 Å². The number of hydrogen-bond acceptors (Lipinski definition) is 4. The summed E-state index contributed by atoms with van der Waals surface area (Å²) >= 11 is 3.35. The molecule has 0 unspecified atom stereocenters. The maximum absolute atomic E-state index is 9.81. The number of phenolic OH excluding ortho intramolecular Hbond substituents is 1. The molecule has 106 valence electrons. The van der Waals surface area contributed by atoms with E-state index in [2.05, 4.69) is 34.7 Å². The van der Waals surface area contributed by atoms with Gasteiger partial charge in [-0.3, -0.25) is 4.90 Å². The van der Waals surface area contributed by atoms with Gasteiger partial charge in [0.2, 0.25) is 0 Å². The molecule has 0 aliphatic carbocycles. The number of halogens is 1. The van der Waals surface area contributed by atoms with Gasteiger partial charge in [-0.05, 0) is 47.5 Å². The van der Waals surface area contributed by atoms with Crippen molar-refractivity contribution < 1.29 is 14.6 Å². The Kier molecular flexibility index (Phi) is 4.38. The first-order valence-corrected chi connectivity index (χ1v) is 7.12. The fraction of sp³-hybridized carbons (Fsp3) is 0.571. The summed E-state index contributed by atoms with van der Waals surface area (Å²) < 4.78 is 11.5. The Balaban J connectivity index is 2.13. The molecule has 1 heterocycles. The third kappa shape index (κ3) is 3.61. The third-order valence-electron chi connectivity index (χ3n) is 3.22. The van der Waals surface area contributed by atoms with Crippen LogP contribution in [0, 0.1) is 0 Å². The van der Waals surface area contributed by atoms with Crippen LogP contribution >= 0.6 is 15.9 Å². The summed E-state index contributed by atoms with van der Waals surface area (Å²) in [7, 11) is 1.56. The molecule has 0 aromatic heterocycles. The van der Waals surface area contributed by atoms with Crippen LogP contribution in [-0.2, 0) is 11.3 Å². The summed E-state index contributed by atoms with van der Waals surface area (Å²) in [5.74, 6) is 0.644. The van der Waals surface area contributed by atoms with Crippen LogP contribution in [0.15, 0.2) is 16.6 Å². The molecule has 1 aliphatic heterocycles. The van der Waals surface area contributed by atoms with Gasteiger partial charge in [-0.1, -0.05) is 0 Å². The van der Waals surface area contributed by atoms with E-state index in [-0.39, 0.29) is 11.4 Å². The van der Waals surface area contributed by atoms with Crippen molar-refractivity contribution in [1.29, 1.82) is 0 Å². The number of methoxy groups -OCH3 is 1. The number of aromatic hydroxyl groups is 1. The maximum atomic E-state index is 9.81. The summed E-state index contributed by atoms with van der Waals surface area (Å²) in [6, 6.07) is 3.81. The van der Waals surface area contributed by atoms with E-state index in [0.29, 0.717) is 10.2 Å². The molecule has 0 bridgehead atoms. The Bertz CT molecular complexity index is 462. The van der Waals surface area contributed by atoms with Crippen LogP contribution in [-0.4, -0.2) is 42.4 Å². The van der Waals surface area contributed by atoms with E-state index in [1.165, 1.54) is 0 Å². The van der Waals surface area contributed by atoms with Crippen molar-refractivity contribution in [3.8, 4) is 11.5 Å². The van der Waals surface area contributed by atoms with Crippen LogP contribution < -0.4 is 4.74 Å². The molecular weight excluding hydrogens is 310 g/mol. The van der Waals surface area contributed by atoms with Crippen LogP contribution in [0.3, 0.4) is 0 Å². The van der Waals surface area contributed by atoms with Crippen molar-refractivity contribution in [2.75, 3.05) is 26.8 Å². The molecule has 0 spiro atoms. The van der Waals surface area contributed by atoms with Gasteiger partial charge in [0.1, 0.15) is 0 Å². The first-order valence-electron chi connectivity index (χ1n) is 6.33. The van der Waals surface area contributed by atoms with Gasteiger partial charge in [0.25, 0.3) is 0 Å². The number of rotatable bonds is 3. The molecular formula is C14H20BrNO3. The average Bonchev–Trinajstić information content (AvgIpc) is 2.32. The zero-order chi connectivity index (χ0) is 14.0. The van der Waals surface area contributed by atoms with Crippen molar-refractivity contribution >= 4 is 15.9 Å². The molecule has 19 heavy (non-hydrogen) atoms. The Morgan fingerprint density at radius 3 is 2.84 bits per heavy atom. The first-order chi connectivity index (χ1) is 8.91. The monoisotopic (exact) mass is 329 g/mol. The largest absolute Gasteiger partial charge is 0.503 e. The summed E-state index contributed by atoms with van der Waals surface area (Å²) in [6.07, 6.45) is 0. The zero-order valence-electron chi connectivity index (χ0n) is 11.6. The van der Waals surface area contributed by atoms with Gasteiger partial charge in [0, 0.05) is 19.6 Å². The van der Waals surface area contributed by atoms with Gasteiger partial charge < -0.3 is 14.6 Å². The normalized spacial score (nSPS) is 19.4. The van der Waals surface area contributed by atoms with Crippen molar-refractivity contribution in [3.63, 3.8) is 0 Å². The standard InChI is InChI=1S/C14H20BrNO3/c1-14(2)9-16(4-5-19-14)8-10-6-11(15)13(17)12(7-10)18-3/h6-7,17H,4-5,8-9H2,1-3H3. The third-order valence-corrected chi connectivity index (χ3v) is 3.82. The molecule has 1 aromatic carbocycles. The highest BCUT2D eigenvalue weighted by Crippen LogP contribution is 2.35. The topological polar surface area (TPSA) is 41.9 Å². The summed E-state index contributed by atoms with van der Waals surface area (Å²) in [5, 5.41) is 9.81. The highest BCUT2D eigenvalue weighted by Gasteiger charge is 2.27. The first kappa shape index (κ1) is 14.6. The van der Waals surface area contributed by atoms with Gasteiger partial charge in [-0.25, -0.2) is 0 Å². The Hall–Kier alpha value is -0.780. The lowest BCUT2D eigenvalue weighted by molar-refractivity contribution is -0.0882. The van der Waals surface area contributed by atoms with Crippen LogP contribution in [0.5, 0.6) is 11.5 Å². The molecule has 4 nitrogen and oxygen atoms in total. The lowest BCUT2D eigenvalue weighted by atomic mass is 10.1. The summed E-state index contributed by atoms with van der Waals surface area (Å²) in [6.45, 7) is 7.60. The number of benzene rings is 1. The lowest BCUT2D eigenvalue weighted by Crippen LogP contribution is -2.47. The van der Waals surface area contributed by atoms with Crippen molar-refractivity contribution in [2.24, 2.45) is 0 Å². The second kappa shape index (κ2) is 5.69. The minimum Gasteiger partial charge on any atom is -0.503 e. The highest BCUT2D eigenvalue weighted by molar-refractivity contribution is 9.10. The molecule has 1 N–H and O–H groups in total. The molecule has 0 atom stereocenters. The Morgan fingerprint density at radius 2 is 2.21 bits per heavy atom. The molecule has 1 aliphatic rings. The molecule has 0 saturated carbocycles. The molecule has 1 saturated heterocycles. The van der Waals surface area contributed by atoms with Gasteiger partial charge in [0.15, 0.2) is 11.5 Å².